The zero-order chi connectivity index (χ0) is 28.4. The Morgan fingerprint density at radius 2 is 1.02 bits per heavy atom. The minimum atomic E-state index is -0.490. The lowest BCUT2D eigenvalue weighted by atomic mass is 9.67. The molecule has 0 atom stereocenters. The van der Waals surface area contributed by atoms with Crippen LogP contribution < -0.4 is 5.32 Å². The summed E-state index contributed by atoms with van der Waals surface area (Å²) >= 11 is 0. The molecule has 9 rings (SSSR count). The summed E-state index contributed by atoms with van der Waals surface area (Å²) in [6.45, 7) is 0. The maximum absolute atomic E-state index is 6.71. The van der Waals surface area contributed by atoms with Gasteiger partial charge in [0, 0.05) is 27.4 Å². The van der Waals surface area contributed by atoms with E-state index in [0.29, 0.717) is 0 Å². The molecule has 202 valence electrons. The van der Waals surface area contributed by atoms with Crippen molar-refractivity contribution in [1.82, 2.24) is 0 Å². The fraction of sp³-hybridized carbons (Fsp3) is 0.0244. The SMILES string of the molecule is c1ccc(C2(c3ccccc3)c3ccccc3-c3cccc(Nc4cccc5c4oc4c6ccccc6ccc54)c32)cc1. The zero-order valence-electron chi connectivity index (χ0n) is 23.4. The van der Waals surface area contributed by atoms with Crippen molar-refractivity contribution in [2.45, 2.75) is 5.41 Å². The molecular formula is C41H27NO. The quantitative estimate of drug-likeness (QED) is 0.236. The summed E-state index contributed by atoms with van der Waals surface area (Å²) in [5.41, 5.74) is 10.9. The van der Waals surface area contributed by atoms with Gasteiger partial charge < -0.3 is 9.73 Å². The van der Waals surface area contributed by atoms with Crippen LogP contribution in [0.5, 0.6) is 0 Å². The van der Waals surface area contributed by atoms with Crippen LogP contribution in [0, 0.1) is 0 Å². The number of hydrogen-bond acceptors (Lipinski definition) is 2. The maximum atomic E-state index is 6.71. The summed E-state index contributed by atoms with van der Waals surface area (Å²) in [6.07, 6.45) is 0. The van der Waals surface area contributed by atoms with Gasteiger partial charge in [0.05, 0.1) is 11.1 Å². The van der Waals surface area contributed by atoms with Crippen molar-refractivity contribution in [3.8, 4) is 11.1 Å². The first kappa shape index (κ1) is 24.0. The van der Waals surface area contributed by atoms with E-state index in [1.807, 2.05) is 0 Å². The number of furan rings is 1. The van der Waals surface area contributed by atoms with Crippen LogP contribution in [0.25, 0.3) is 43.8 Å². The van der Waals surface area contributed by atoms with E-state index in [2.05, 4.69) is 163 Å². The average Bonchev–Trinajstić information content (AvgIpc) is 3.62. The molecule has 1 heterocycles. The Bertz CT molecular complexity index is 2280. The van der Waals surface area contributed by atoms with E-state index in [4.69, 9.17) is 4.42 Å². The molecule has 0 bridgehead atoms. The molecule has 0 aliphatic heterocycles. The highest BCUT2D eigenvalue weighted by Gasteiger charge is 2.47. The predicted molar refractivity (Wildman–Crippen MR) is 178 cm³/mol. The molecule has 1 N–H and O–H groups in total. The van der Waals surface area contributed by atoms with Gasteiger partial charge in [0.2, 0.25) is 0 Å². The molecule has 1 aliphatic carbocycles. The largest absolute Gasteiger partial charge is 0.453 e. The zero-order valence-corrected chi connectivity index (χ0v) is 23.4. The first-order valence-corrected chi connectivity index (χ1v) is 14.8. The molecule has 0 radical (unpaired) electrons. The molecule has 2 heteroatoms. The first-order chi connectivity index (χ1) is 21.3. The van der Waals surface area contributed by atoms with E-state index >= 15 is 0 Å². The summed E-state index contributed by atoms with van der Waals surface area (Å²) in [6, 6.07) is 56.5. The molecule has 0 fully saturated rings. The van der Waals surface area contributed by atoms with Crippen LogP contribution in [-0.4, -0.2) is 0 Å². The van der Waals surface area contributed by atoms with Crippen LogP contribution in [0.3, 0.4) is 0 Å². The smallest absolute Gasteiger partial charge is 0.158 e. The van der Waals surface area contributed by atoms with E-state index in [1.54, 1.807) is 0 Å². The lowest BCUT2D eigenvalue weighted by Gasteiger charge is -2.35. The van der Waals surface area contributed by atoms with E-state index in [9.17, 15) is 0 Å². The van der Waals surface area contributed by atoms with Gasteiger partial charge in [-0.2, -0.15) is 0 Å². The van der Waals surface area contributed by atoms with Crippen molar-refractivity contribution >= 4 is 44.1 Å². The normalized spacial score (nSPS) is 13.3. The fourth-order valence-electron chi connectivity index (χ4n) is 7.38. The van der Waals surface area contributed by atoms with Crippen LogP contribution >= 0.6 is 0 Å². The third kappa shape index (κ3) is 3.35. The number of hydrogen-bond donors (Lipinski definition) is 1. The predicted octanol–water partition coefficient (Wildman–Crippen LogP) is 10.8. The van der Waals surface area contributed by atoms with Gasteiger partial charge in [0.1, 0.15) is 5.58 Å². The van der Waals surface area contributed by atoms with Gasteiger partial charge in [-0.1, -0.05) is 140 Å². The molecule has 0 saturated heterocycles. The van der Waals surface area contributed by atoms with E-state index < -0.39 is 5.41 Å². The van der Waals surface area contributed by atoms with Crippen molar-refractivity contribution in [1.29, 1.82) is 0 Å². The average molecular weight is 550 g/mol. The molecule has 7 aromatic carbocycles. The monoisotopic (exact) mass is 549 g/mol. The molecule has 1 aliphatic rings. The van der Waals surface area contributed by atoms with Gasteiger partial charge in [0.15, 0.2) is 5.58 Å². The minimum absolute atomic E-state index is 0.490. The number of fused-ring (bicyclic) bond motifs is 8. The second-order valence-corrected chi connectivity index (χ2v) is 11.3. The lowest BCUT2D eigenvalue weighted by Crippen LogP contribution is -2.29. The molecular weight excluding hydrogens is 522 g/mol. The topological polar surface area (TPSA) is 25.2 Å². The summed E-state index contributed by atoms with van der Waals surface area (Å²) in [4.78, 5) is 0. The number of benzene rings is 7. The Hall–Kier alpha value is -5.60. The highest BCUT2D eigenvalue weighted by Crippen LogP contribution is 2.58. The van der Waals surface area contributed by atoms with Gasteiger partial charge >= 0.3 is 0 Å². The maximum Gasteiger partial charge on any atom is 0.158 e. The summed E-state index contributed by atoms with van der Waals surface area (Å²) < 4.78 is 6.71. The molecule has 0 spiro atoms. The summed E-state index contributed by atoms with van der Waals surface area (Å²) in [5.74, 6) is 0. The van der Waals surface area contributed by atoms with Crippen molar-refractivity contribution in [2.24, 2.45) is 0 Å². The number of nitrogens with one attached hydrogen (secondary N) is 1. The van der Waals surface area contributed by atoms with Gasteiger partial charge in [0.25, 0.3) is 0 Å². The van der Waals surface area contributed by atoms with Gasteiger partial charge in [-0.3, -0.25) is 0 Å². The van der Waals surface area contributed by atoms with Crippen molar-refractivity contribution in [3.05, 3.63) is 180 Å². The molecule has 0 amide bonds. The van der Waals surface area contributed by atoms with Crippen LogP contribution in [0.2, 0.25) is 0 Å². The van der Waals surface area contributed by atoms with Crippen molar-refractivity contribution in [3.63, 3.8) is 0 Å². The molecule has 0 unspecified atom stereocenters. The Balaban J connectivity index is 1.32. The molecule has 1 aromatic heterocycles. The Morgan fingerprint density at radius 3 is 1.84 bits per heavy atom. The second-order valence-electron chi connectivity index (χ2n) is 11.3. The van der Waals surface area contributed by atoms with E-state index in [-0.39, 0.29) is 0 Å². The highest BCUT2D eigenvalue weighted by molar-refractivity contribution is 6.17. The van der Waals surface area contributed by atoms with E-state index in [0.717, 1.165) is 38.7 Å². The number of anilines is 2. The van der Waals surface area contributed by atoms with Crippen LogP contribution in [-0.2, 0) is 5.41 Å². The van der Waals surface area contributed by atoms with Gasteiger partial charge in [-0.15, -0.1) is 0 Å². The first-order valence-electron chi connectivity index (χ1n) is 14.8. The summed E-state index contributed by atoms with van der Waals surface area (Å²) in [5, 5.41) is 8.44. The molecule has 2 nitrogen and oxygen atoms in total. The van der Waals surface area contributed by atoms with E-state index in [1.165, 1.54) is 38.8 Å². The third-order valence-corrected chi connectivity index (χ3v) is 9.13. The molecule has 43 heavy (non-hydrogen) atoms. The van der Waals surface area contributed by atoms with Crippen LogP contribution in [0.4, 0.5) is 11.4 Å². The van der Waals surface area contributed by atoms with Crippen LogP contribution in [0.1, 0.15) is 22.3 Å². The standard InChI is InChI=1S/C41H27NO/c1-3-14-28(15-4-1)41(29-16-5-2-6-17-29)35-22-10-9-19-31(35)32-20-11-23-36(38(32)41)42-37-24-12-21-33-34-26-25-27-13-7-8-18-30(27)39(34)43-40(33)37/h1-26,42H. The van der Waals surface area contributed by atoms with Crippen molar-refractivity contribution < 1.29 is 4.42 Å². The van der Waals surface area contributed by atoms with Crippen LogP contribution in [0.15, 0.2) is 162 Å². The number of rotatable bonds is 4. The van der Waals surface area contributed by atoms with Gasteiger partial charge in [-0.05, 0) is 51.4 Å². The van der Waals surface area contributed by atoms with Crippen molar-refractivity contribution in [2.75, 3.05) is 5.32 Å². The number of para-hydroxylation sites is 1. The Morgan fingerprint density at radius 1 is 0.419 bits per heavy atom. The molecule has 0 saturated carbocycles. The third-order valence-electron chi connectivity index (χ3n) is 9.13. The minimum Gasteiger partial charge on any atom is -0.453 e. The second kappa shape index (κ2) is 9.20. The fourth-order valence-corrected chi connectivity index (χ4v) is 7.38. The lowest BCUT2D eigenvalue weighted by molar-refractivity contribution is 0.674. The van der Waals surface area contributed by atoms with Gasteiger partial charge in [-0.25, -0.2) is 0 Å². The molecule has 8 aromatic rings. The Labute approximate surface area is 249 Å². The Kier molecular flexibility index (Phi) is 5.15. The summed E-state index contributed by atoms with van der Waals surface area (Å²) in [7, 11) is 0. The highest BCUT2D eigenvalue weighted by atomic mass is 16.3.